The molecule has 1 heterocycles. The second-order valence-corrected chi connectivity index (χ2v) is 9.75. The van der Waals surface area contributed by atoms with Crippen molar-refractivity contribution in [2.75, 3.05) is 25.1 Å². The number of nitrogens with zero attached hydrogens (tertiary/aromatic N) is 4. The van der Waals surface area contributed by atoms with Gasteiger partial charge in [-0.1, -0.05) is 35.6 Å². The van der Waals surface area contributed by atoms with E-state index >= 15 is 0 Å². The Hall–Kier alpha value is -4.02. The highest BCUT2D eigenvalue weighted by Gasteiger charge is 2.19. The minimum atomic E-state index is 0.452. The van der Waals surface area contributed by atoms with Crippen LogP contribution in [0.3, 0.4) is 0 Å². The van der Waals surface area contributed by atoms with Gasteiger partial charge in [0.1, 0.15) is 5.84 Å². The van der Waals surface area contributed by atoms with Crippen LogP contribution in [-0.2, 0) is 6.54 Å². The molecule has 0 amide bonds. The third-order valence-electron chi connectivity index (χ3n) is 6.98. The molecule has 7 nitrogen and oxygen atoms in total. The fourth-order valence-electron chi connectivity index (χ4n) is 4.76. The molecule has 1 saturated heterocycles. The molecule has 0 unspecified atom stereocenters. The highest BCUT2D eigenvalue weighted by molar-refractivity contribution is 5.97. The Bertz CT molecular complexity index is 1270. The maximum Gasteiger partial charge on any atom is 0.125 e. The molecule has 0 bridgehead atoms. The zero-order valence-electron chi connectivity index (χ0n) is 21.7. The SMILES string of the molecule is Cc1cc(N/N=N/c2ccc(C(=N)NCCC3CCN(Cc4ccccc4)CC3)c(C)c2)ccc1C#N. The molecular weight excluding hydrogens is 458 g/mol. The number of benzene rings is 3. The second kappa shape index (κ2) is 12.8. The lowest BCUT2D eigenvalue weighted by molar-refractivity contribution is 0.173. The smallest absolute Gasteiger partial charge is 0.125 e. The summed E-state index contributed by atoms with van der Waals surface area (Å²) in [6.07, 6.45) is 3.53. The minimum Gasteiger partial charge on any atom is -0.370 e. The van der Waals surface area contributed by atoms with E-state index in [-0.39, 0.29) is 0 Å². The topological polar surface area (TPSA) is 99.7 Å². The monoisotopic (exact) mass is 493 g/mol. The molecule has 37 heavy (non-hydrogen) atoms. The molecule has 3 aromatic carbocycles. The van der Waals surface area contributed by atoms with Crippen molar-refractivity contribution < 1.29 is 0 Å². The number of likely N-dealkylation sites (tertiary alicyclic amines) is 1. The number of amidine groups is 1. The fourth-order valence-corrected chi connectivity index (χ4v) is 4.76. The molecule has 0 atom stereocenters. The highest BCUT2D eigenvalue weighted by Crippen LogP contribution is 2.22. The van der Waals surface area contributed by atoms with Gasteiger partial charge in [-0.2, -0.15) is 5.26 Å². The zero-order chi connectivity index (χ0) is 26.0. The Morgan fingerprint density at radius 3 is 2.51 bits per heavy atom. The lowest BCUT2D eigenvalue weighted by Crippen LogP contribution is -2.35. The standard InChI is InChI=1S/C30H35N7/c1-22-18-27(9-8-26(22)20-31)34-36-35-28-10-11-29(23(2)19-28)30(32)33-15-12-24-13-16-37(17-14-24)21-25-6-4-3-5-7-25/h3-11,18-19,24H,12-17,21H2,1-2H3,(H2,32,33)(H,34,35). The average molecular weight is 494 g/mol. The van der Waals surface area contributed by atoms with E-state index in [4.69, 9.17) is 10.7 Å². The minimum absolute atomic E-state index is 0.452. The van der Waals surface area contributed by atoms with Crippen LogP contribution in [0.25, 0.3) is 0 Å². The van der Waals surface area contributed by atoms with Crippen LogP contribution < -0.4 is 10.7 Å². The fraction of sp³-hybridized carbons (Fsp3) is 0.333. The molecule has 0 saturated carbocycles. The van der Waals surface area contributed by atoms with Gasteiger partial charge >= 0.3 is 0 Å². The molecule has 190 valence electrons. The van der Waals surface area contributed by atoms with Crippen LogP contribution in [0.4, 0.5) is 11.4 Å². The molecule has 3 aromatic rings. The van der Waals surface area contributed by atoms with Gasteiger partial charge in [0.25, 0.3) is 0 Å². The first-order chi connectivity index (χ1) is 18.0. The summed E-state index contributed by atoms with van der Waals surface area (Å²) in [5.74, 6) is 1.16. The van der Waals surface area contributed by atoms with E-state index < -0.39 is 0 Å². The molecule has 0 aromatic heterocycles. The van der Waals surface area contributed by atoms with E-state index in [2.05, 4.69) is 62.4 Å². The van der Waals surface area contributed by atoms with Crippen molar-refractivity contribution in [3.63, 3.8) is 0 Å². The van der Waals surface area contributed by atoms with Crippen molar-refractivity contribution in [3.05, 3.63) is 94.5 Å². The number of piperidine rings is 1. The van der Waals surface area contributed by atoms with Crippen molar-refractivity contribution in [2.24, 2.45) is 16.3 Å². The van der Waals surface area contributed by atoms with Gasteiger partial charge in [0, 0.05) is 18.7 Å². The zero-order valence-corrected chi connectivity index (χ0v) is 21.7. The van der Waals surface area contributed by atoms with Crippen LogP contribution in [0.5, 0.6) is 0 Å². The van der Waals surface area contributed by atoms with Gasteiger partial charge < -0.3 is 5.32 Å². The van der Waals surface area contributed by atoms with E-state index in [0.717, 1.165) is 55.0 Å². The molecule has 0 radical (unpaired) electrons. The third-order valence-corrected chi connectivity index (χ3v) is 6.98. The summed E-state index contributed by atoms with van der Waals surface area (Å²) >= 11 is 0. The number of anilines is 1. The van der Waals surface area contributed by atoms with Gasteiger partial charge in [-0.15, -0.1) is 5.11 Å². The summed E-state index contributed by atoms with van der Waals surface area (Å²) in [6.45, 7) is 8.02. The van der Waals surface area contributed by atoms with Crippen molar-refractivity contribution in [1.29, 1.82) is 10.7 Å². The van der Waals surface area contributed by atoms with Gasteiger partial charge in [0.15, 0.2) is 0 Å². The normalized spacial score (nSPS) is 14.4. The quantitative estimate of drug-likeness (QED) is 0.137. The first kappa shape index (κ1) is 26.1. The average Bonchev–Trinajstić information content (AvgIpc) is 2.90. The number of nitriles is 1. The molecule has 0 spiro atoms. The Kier molecular flexibility index (Phi) is 9.01. The number of aryl methyl sites for hydroxylation is 2. The second-order valence-electron chi connectivity index (χ2n) is 9.75. The highest BCUT2D eigenvalue weighted by atomic mass is 15.4. The lowest BCUT2D eigenvalue weighted by atomic mass is 9.93. The van der Waals surface area contributed by atoms with Crippen LogP contribution in [0.15, 0.2) is 77.1 Å². The van der Waals surface area contributed by atoms with E-state index in [1.54, 1.807) is 12.1 Å². The van der Waals surface area contributed by atoms with Gasteiger partial charge in [0.05, 0.1) is 23.0 Å². The summed E-state index contributed by atoms with van der Waals surface area (Å²) in [7, 11) is 0. The van der Waals surface area contributed by atoms with Gasteiger partial charge in [-0.05, 0) is 105 Å². The largest absolute Gasteiger partial charge is 0.370 e. The van der Waals surface area contributed by atoms with Crippen LogP contribution in [0.1, 0.15) is 47.1 Å². The van der Waals surface area contributed by atoms with Crippen LogP contribution in [-0.4, -0.2) is 30.4 Å². The van der Waals surface area contributed by atoms with Gasteiger partial charge in [-0.3, -0.25) is 15.7 Å². The van der Waals surface area contributed by atoms with Crippen molar-refractivity contribution >= 4 is 17.2 Å². The van der Waals surface area contributed by atoms with Crippen molar-refractivity contribution in [3.8, 4) is 6.07 Å². The predicted molar refractivity (Wildman–Crippen MR) is 149 cm³/mol. The van der Waals surface area contributed by atoms with Crippen molar-refractivity contribution in [1.82, 2.24) is 10.2 Å². The van der Waals surface area contributed by atoms with Gasteiger partial charge in [0.2, 0.25) is 0 Å². The molecule has 0 aliphatic carbocycles. The summed E-state index contributed by atoms with van der Waals surface area (Å²) < 4.78 is 0. The Morgan fingerprint density at radius 2 is 1.81 bits per heavy atom. The number of hydrogen-bond donors (Lipinski definition) is 3. The molecule has 3 N–H and O–H groups in total. The van der Waals surface area contributed by atoms with Crippen LogP contribution in [0, 0.1) is 36.5 Å². The van der Waals surface area contributed by atoms with Crippen molar-refractivity contribution in [2.45, 2.75) is 39.7 Å². The maximum atomic E-state index is 9.05. The number of nitrogens with one attached hydrogen (secondary N) is 3. The Morgan fingerprint density at radius 1 is 1.03 bits per heavy atom. The summed E-state index contributed by atoms with van der Waals surface area (Å²) in [5, 5.41) is 29.2. The third kappa shape index (κ3) is 7.48. The van der Waals surface area contributed by atoms with E-state index in [9.17, 15) is 0 Å². The maximum absolute atomic E-state index is 9.05. The summed E-state index contributed by atoms with van der Waals surface area (Å²) in [4.78, 5) is 2.55. The van der Waals surface area contributed by atoms with E-state index in [1.807, 2.05) is 38.1 Å². The van der Waals surface area contributed by atoms with E-state index in [1.165, 1.54) is 18.4 Å². The molecule has 1 aliphatic heterocycles. The molecular formula is C30H35N7. The summed E-state index contributed by atoms with van der Waals surface area (Å²) in [6, 6.07) is 24.0. The van der Waals surface area contributed by atoms with Crippen LogP contribution in [0.2, 0.25) is 0 Å². The Labute approximate surface area is 219 Å². The van der Waals surface area contributed by atoms with E-state index in [0.29, 0.717) is 23.0 Å². The molecule has 1 aliphatic rings. The van der Waals surface area contributed by atoms with Gasteiger partial charge in [-0.25, -0.2) is 0 Å². The molecule has 7 heteroatoms. The number of rotatable bonds is 9. The molecule has 4 rings (SSSR count). The first-order valence-electron chi connectivity index (χ1n) is 12.9. The first-order valence-corrected chi connectivity index (χ1v) is 12.9. The summed E-state index contributed by atoms with van der Waals surface area (Å²) in [5.41, 5.74) is 9.19. The molecule has 1 fully saturated rings. The lowest BCUT2D eigenvalue weighted by Gasteiger charge is -2.32. The van der Waals surface area contributed by atoms with Crippen LogP contribution >= 0.6 is 0 Å². The number of hydrogen-bond acceptors (Lipinski definition) is 5. The Balaban J connectivity index is 1.20. The predicted octanol–water partition coefficient (Wildman–Crippen LogP) is 6.50.